The number of fused-ring (bicyclic) bond motifs is 1. The molecule has 1 aromatic carbocycles. The minimum atomic E-state index is 0.275. The average molecular weight is 284 g/mol. The Bertz CT molecular complexity index is 651. The molecule has 0 radical (unpaired) electrons. The van der Waals surface area contributed by atoms with E-state index in [0.717, 1.165) is 31.0 Å². The first-order chi connectivity index (χ1) is 10.1. The predicted molar refractivity (Wildman–Crippen MR) is 88.2 cm³/mol. The molecule has 1 fully saturated rings. The molecular formula is C18H24N2O. The molecule has 3 heteroatoms. The summed E-state index contributed by atoms with van der Waals surface area (Å²) in [6.07, 6.45) is 0.275. The summed E-state index contributed by atoms with van der Waals surface area (Å²) in [6.45, 7) is 11.4. The van der Waals surface area contributed by atoms with Crippen LogP contribution >= 0.6 is 0 Å². The number of nitrogens with zero attached hydrogens (tertiary/aromatic N) is 2. The highest BCUT2D eigenvalue weighted by atomic mass is 16.5. The summed E-state index contributed by atoms with van der Waals surface area (Å²) in [5.41, 5.74) is 3.79. The molecule has 112 valence electrons. The van der Waals surface area contributed by atoms with Gasteiger partial charge in [-0.1, -0.05) is 32.0 Å². The van der Waals surface area contributed by atoms with Crippen molar-refractivity contribution in [3.05, 3.63) is 35.4 Å². The van der Waals surface area contributed by atoms with Gasteiger partial charge in [-0.15, -0.1) is 0 Å². The van der Waals surface area contributed by atoms with Crippen LogP contribution < -0.4 is 4.90 Å². The third-order valence-corrected chi connectivity index (χ3v) is 4.25. The van der Waals surface area contributed by atoms with E-state index < -0.39 is 0 Å². The average Bonchev–Trinajstić information content (AvgIpc) is 2.46. The first-order valence-corrected chi connectivity index (χ1v) is 7.83. The van der Waals surface area contributed by atoms with Crippen molar-refractivity contribution in [3.8, 4) is 0 Å². The highest BCUT2D eigenvalue weighted by Gasteiger charge is 2.19. The van der Waals surface area contributed by atoms with Gasteiger partial charge in [-0.3, -0.25) is 0 Å². The Morgan fingerprint density at radius 1 is 1.33 bits per heavy atom. The molecule has 0 saturated carbocycles. The van der Waals surface area contributed by atoms with E-state index >= 15 is 0 Å². The standard InChI is InChI=1S/C18H24N2O/c1-12(2)15-6-5-7-16-13(3)10-17(19-18(15)16)20-8-9-21-14(4)11-20/h5-7,10,12,14H,8-9,11H2,1-4H3. The highest BCUT2D eigenvalue weighted by Crippen LogP contribution is 2.29. The fraction of sp³-hybridized carbons (Fsp3) is 0.500. The van der Waals surface area contributed by atoms with Crippen LogP contribution in [0.4, 0.5) is 5.82 Å². The maximum Gasteiger partial charge on any atom is 0.129 e. The van der Waals surface area contributed by atoms with Gasteiger partial charge in [-0.05, 0) is 37.0 Å². The molecule has 2 aromatic rings. The van der Waals surface area contributed by atoms with E-state index in [2.05, 4.69) is 56.9 Å². The summed E-state index contributed by atoms with van der Waals surface area (Å²) in [5.74, 6) is 1.57. The van der Waals surface area contributed by atoms with E-state index in [1.807, 2.05) is 0 Å². The van der Waals surface area contributed by atoms with Crippen LogP contribution in [0.1, 0.15) is 37.8 Å². The Labute approximate surface area is 126 Å². The molecule has 1 saturated heterocycles. The van der Waals surface area contributed by atoms with Crippen molar-refractivity contribution in [1.29, 1.82) is 0 Å². The van der Waals surface area contributed by atoms with E-state index in [-0.39, 0.29) is 6.10 Å². The monoisotopic (exact) mass is 284 g/mol. The number of pyridine rings is 1. The second kappa shape index (κ2) is 5.64. The number of rotatable bonds is 2. The van der Waals surface area contributed by atoms with Crippen molar-refractivity contribution >= 4 is 16.7 Å². The molecule has 3 nitrogen and oxygen atoms in total. The number of aromatic nitrogens is 1. The fourth-order valence-electron chi connectivity index (χ4n) is 3.08. The molecule has 2 heterocycles. The van der Waals surface area contributed by atoms with E-state index in [1.54, 1.807) is 0 Å². The molecule has 3 rings (SSSR count). The number of hydrogen-bond acceptors (Lipinski definition) is 3. The van der Waals surface area contributed by atoms with Gasteiger partial charge in [0.15, 0.2) is 0 Å². The fourth-order valence-corrected chi connectivity index (χ4v) is 3.08. The van der Waals surface area contributed by atoms with Crippen LogP contribution in [0.25, 0.3) is 10.9 Å². The van der Waals surface area contributed by atoms with Gasteiger partial charge >= 0.3 is 0 Å². The minimum Gasteiger partial charge on any atom is -0.375 e. The summed E-state index contributed by atoms with van der Waals surface area (Å²) >= 11 is 0. The molecule has 1 atom stereocenters. The SMILES string of the molecule is Cc1cc(N2CCOC(C)C2)nc2c(C(C)C)cccc12. The summed E-state index contributed by atoms with van der Waals surface area (Å²) in [5, 5.41) is 1.27. The summed E-state index contributed by atoms with van der Waals surface area (Å²) in [4.78, 5) is 7.33. The van der Waals surface area contributed by atoms with Gasteiger partial charge in [0.2, 0.25) is 0 Å². The third kappa shape index (κ3) is 2.75. The smallest absolute Gasteiger partial charge is 0.129 e. The Morgan fingerprint density at radius 3 is 2.86 bits per heavy atom. The zero-order chi connectivity index (χ0) is 15.0. The number of anilines is 1. The van der Waals surface area contributed by atoms with Crippen LogP contribution in [0.5, 0.6) is 0 Å². The van der Waals surface area contributed by atoms with Gasteiger partial charge in [-0.2, -0.15) is 0 Å². The zero-order valence-electron chi connectivity index (χ0n) is 13.4. The number of morpholine rings is 1. The molecule has 0 spiro atoms. The lowest BCUT2D eigenvalue weighted by molar-refractivity contribution is 0.0529. The van der Waals surface area contributed by atoms with Crippen LogP contribution in [0.15, 0.2) is 24.3 Å². The second-order valence-electron chi connectivity index (χ2n) is 6.32. The zero-order valence-corrected chi connectivity index (χ0v) is 13.4. The Kier molecular flexibility index (Phi) is 3.85. The van der Waals surface area contributed by atoms with Gasteiger partial charge in [0, 0.05) is 18.5 Å². The molecule has 0 bridgehead atoms. The topological polar surface area (TPSA) is 25.4 Å². The van der Waals surface area contributed by atoms with Gasteiger partial charge in [0.05, 0.1) is 18.2 Å². The van der Waals surface area contributed by atoms with Crippen molar-refractivity contribution in [1.82, 2.24) is 4.98 Å². The number of ether oxygens (including phenoxy) is 1. The van der Waals surface area contributed by atoms with E-state index in [1.165, 1.54) is 16.5 Å². The number of hydrogen-bond donors (Lipinski definition) is 0. The van der Waals surface area contributed by atoms with Gasteiger partial charge in [0.1, 0.15) is 5.82 Å². The Hall–Kier alpha value is -1.61. The molecule has 1 aromatic heterocycles. The number of para-hydroxylation sites is 1. The van der Waals surface area contributed by atoms with Crippen LogP contribution in [0.2, 0.25) is 0 Å². The van der Waals surface area contributed by atoms with Gasteiger partial charge in [-0.25, -0.2) is 4.98 Å². The third-order valence-electron chi connectivity index (χ3n) is 4.25. The first-order valence-electron chi connectivity index (χ1n) is 7.83. The maximum absolute atomic E-state index is 5.64. The van der Waals surface area contributed by atoms with E-state index in [9.17, 15) is 0 Å². The molecule has 0 N–H and O–H groups in total. The summed E-state index contributed by atoms with van der Waals surface area (Å²) in [6, 6.07) is 8.73. The van der Waals surface area contributed by atoms with E-state index in [4.69, 9.17) is 9.72 Å². The number of benzene rings is 1. The van der Waals surface area contributed by atoms with Gasteiger partial charge < -0.3 is 9.64 Å². The lowest BCUT2D eigenvalue weighted by Crippen LogP contribution is -2.41. The number of aryl methyl sites for hydroxylation is 1. The molecule has 1 aliphatic rings. The molecule has 0 aliphatic carbocycles. The van der Waals surface area contributed by atoms with Crippen LogP contribution in [-0.2, 0) is 4.74 Å². The van der Waals surface area contributed by atoms with E-state index in [0.29, 0.717) is 5.92 Å². The van der Waals surface area contributed by atoms with Crippen LogP contribution in [0, 0.1) is 6.92 Å². The quantitative estimate of drug-likeness (QED) is 0.836. The van der Waals surface area contributed by atoms with Crippen molar-refractivity contribution < 1.29 is 4.74 Å². The van der Waals surface area contributed by atoms with Crippen molar-refractivity contribution in [2.24, 2.45) is 0 Å². The summed E-state index contributed by atoms with van der Waals surface area (Å²) in [7, 11) is 0. The highest BCUT2D eigenvalue weighted by molar-refractivity contribution is 5.87. The maximum atomic E-state index is 5.64. The largest absolute Gasteiger partial charge is 0.375 e. The lowest BCUT2D eigenvalue weighted by Gasteiger charge is -2.32. The lowest BCUT2D eigenvalue weighted by atomic mass is 9.98. The molecule has 1 aliphatic heterocycles. The van der Waals surface area contributed by atoms with Gasteiger partial charge in [0.25, 0.3) is 0 Å². The predicted octanol–water partition coefficient (Wildman–Crippen LogP) is 3.89. The Morgan fingerprint density at radius 2 is 2.14 bits per heavy atom. The van der Waals surface area contributed by atoms with Crippen molar-refractivity contribution in [3.63, 3.8) is 0 Å². The minimum absolute atomic E-state index is 0.275. The van der Waals surface area contributed by atoms with Crippen molar-refractivity contribution in [2.75, 3.05) is 24.6 Å². The summed E-state index contributed by atoms with van der Waals surface area (Å²) < 4.78 is 5.64. The molecule has 0 amide bonds. The molecule has 1 unspecified atom stereocenters. The normalized spacial score (nSPS) is 19.5. The van der Waals surface area contributed by atoms with Crippen molar-refractivity contribution in [2.45, 2.75) is 39.7 Å². The molecular weight excluding hydrogens is 260 g/mol. The molecule has 21 heavy (non-hydrogen) atoms. The van der Waals surface area contributed by atoms with Crippen LogP contribution in [0.3, 0.4) is 0 Å². The Balaban J connectivity index is 2.10. The van der Waals surface area contributed by atoms with Crippen LogP contribution in [-0.4, -0.2) is 30.8 Å². The second-order valence-corrected chi connectivity index (χ2v) is 6.32. The first kappa shape index (κ1) is 14.3.